The monoisotopic (exact) mass is 132 g/mol. The van der Waals surface area contributed by atoms with E-state index in [1.807, 2.05) is 6.92 Å². The molecule has 2 heteroatoms. The van der Waals surface area contributed by atoms with Crippen LogP contribution < -0.4 is 0 Å². The molecule has 0 aromatic carbocycles. The third-order valence-corrected chi connectivity index (χ3v) is 1.26. The minimum Gasteiger partial charge on any atom is -0.391 e. The van der Waals surface area contributed by atoms with Gasteiger partial charge in [-0.3, -0.25) is 0 Å². The Labute approximate surface area is 56.8 Å². The molecule has 0 bridgehead atoms. The summed E-state index contributed by atoms with van der Waals surface area (Å²) < 4.78 is 5.20. The molecule has 0 aliphatic heterocycles. The second kappa shape index (κ2) is 4.77. The molecule has 2 atom stereocenters. The number of hydrogen-bond acceptors (Lipinski definition) is 2. The molecule has 0 saturated heterocycles. The topological polar surface area (TPSA) is 29.5 Å². The van der Waals surface area contributed by atoms with Crippen LogP contribution in [0, 0.1) is 0 Å². The van der Waals surface area contributed by atoms with E-state index in [2.05, 4.69) is 6.92 Å². The number of hydrogen-bond donors (Lipinski definition) is 1. The van der Waals surface area contributed by atoms with Gasteiger partial charge < -0.3 is 9.84 Å². The fourth-order valence-electron chi connectivity index (χ4n) is 0.443. The zero-order chi connectivity index (χ0) is 7.28. The molecular weight excluding hydrogens is 116 g/mol. The van der Waals surface area contributed by atoms with Crippen LogP contribution in [0.5, 0.6) is 0 Å². The number of ether oxygens (including phenoxy) is 1. The maximum atomic E-state index is 8.92. The molecule has 0 aliphatic rings. The number of rotatable bonds is 4. The van der Waals surface area contributed by atoms with Crippen LogP contribution in [0.4, 0.5) is 0 Å². The van der Waals surface area contributed by atoms with Gasteiger partial charge >= 0.3 is 0 Å². The summed E-state index contributed by atoms with van der Waals surface area (Å²) in [5.41, 5.74) is 0. The van der Waals surface area contributed by atoms with Crippen LogP contribution in [0.3, 0.4) is 0 Å². The summed E-state index contributed by atoms with van der Waals surface area (Å²) in [5, 5.41) is 8.92. The Hall–Kier alpha value is -0.0800. The van der Waals surface area contributed by atoms with E-state index in [1.165, 1.54) is 0 Å². The average Bonchev–Trinajstić information content (AvgIpc) is 1.82. The minimum atomic E-state index is -0.350. The van der Waals surface area contributed by atoms with Crippen LogP contribution in [0.2, 0.25) is 0 Å². The Morgan fingerprint density at radius 2 is 2.00 bits per heavy atom. The van der Waals surface area contributed by atoms with E-state index in [1.54, 1.807) is 6.92 Å². The summed E-state index contributed by atoms with van der Waals surface area (Å²) in [5.74, 6) is 0. The smallest absolute Gasteiger partial charge is 0.0803 e. The first-order valence-electron chi connectivity index (χ1n) is 3.48. The van der Waals surface area contributed by atoms with Crippen LogP contribution in [0.1, 0.15) is 27.2 Å². The zero-order valence-corrected chi connectivity index (χ0v) is 6.42. The predicted octanol–water partition coefficient (Wildman–Crippen LogP) is 1.18. The predicted molar refractivity (Wildman–Crippen MR) is 37.4 cm³/mol. The maximum absolute atomic E-state index is 8.92. The molecular formula is C7H16O2. The van der Waals surface area contributed by atoms with Gasteiger partial charge in [-0.15, -0.1) is 0 Å². The van der Waals surface area contributed by atoms with Crippen molar-refractivity contribution in [3.05, 3.63) is 0 Å². The summed E-state index contributed by atoms with van der Waals surface area (Å²) >= 11 is 0. The van der Waals surface area contributed by atoms with Crippen LogP contribution in [0.25, 0.3) is 0 Å². The Balaban J connectivity index is 3.16. The quantitative estimate of drug-likeness (QED) is 0.622. The van der Waals surface area contributed by atoms with Gasteiger partial charge in [0.1, 0.15) is 0 Å². The van der Waals surface area contributed by atoms with Gasteiger partial charge in [0.25, 0.3) is 0 Å². The molecule has 0 aromatic rings. The van der Waals surface area contributed by atoms with Gasteiger partial charge in [-0.2, -0.15) is 0 Å². The van der Waals surface area contributed by atoms with Gasteiger partial charge in [-0.05, 0) is 20.3 Å². The van der Waals surface area contributed by atoms with Crippen molar-refractivity contribution >= 4 is 0 Å². The Bertz CT molecular complexity index is 61.9. The molecule has 0 aliphatic carbocycles. The normalized spacial score (nSPS) is 17.3. The van der Waals surface area contributed by atoms with Crippen LogP contribution >= 0.6 is 0 Å². The Kier molecular flexibility index (Phi) is 4.72. The van der Waals surface area contributed by atoms with Gasteiger partial charge in [0, 0.05) is 6.61 Å². The van der Waals surface area contributed by atoms with Crippen molar-refractivity contribution < 1.29 is 9.84 Å². The lowest BCUT2D eigenvalue weighted by molar-refractivity contribution is -0.0177. The molecule has 0 unspecified atom stereocenters. The molecule has 0 radical (unpaired) electrons. The first kappa shape index (κ1) is 8.92. The van der Waals surface area contributed by atoms with Gasteiger partial charge in [-0.25, -0.2) is 0 Å². The van der Waals surface area contributed by atoms with E-state index >= 15 is 0 Å². The fourth-order valence-corrected chi connectivity index (χ4v) is 0.443. The van der Waals surface area contributed by atoms with Gasteiger partial charge in [0.2, 0.25) is 0 Å². The lowest BCUT2D eigenvalue weighted by Crippen LogP contribution is -2.22. The minimum absolute atomic E-state index is 0.0232. The summed E-state index contributed by atoms with van der Waals surface area (Å²) in [7, 11) is 0. The van der Waals surface area contributed by atoms with Crippen molar-refractivity contribution in [2.45, 2.75) is 39.4 Å². The molecule has 0 aromatic heterocycles. The largest absolute Gasteiger partial charge is 0.391 e. The number of aliphatic hydroxyl groups excluding tert-OH is 1. The van der Waals surface area contributed by atoms with Crippen LogP contribution in [0.15, 0.2) is 0 Å². The first-order valence-corrected chi connectivity index (χ1v) is 3.48. The van der Waals surface area contributed by atoms with Crippen molar-refractivity contribution in [1.82, 2.24) is 0 Å². The molecule has 0 fully saturated rings. The average molecular weight is 132 g/mol. The molecule has 0 spiro atoms. The maximum Gasteiger partial charge on any atom is 0.0803 e. The standard InChI is InChI=1S/C7H16O2/c1-4-5-9-7(3)6(2)8/h6-8H,4-5H2,1-3H3/t6-,7-/m0/s1. The third-order valence-electron chi connectivity index (χ3n) is 1.26. The first-order chi connectivity index (χ1) is 4.18. The lowest BCUT2D eigenvalue weighted by Gasteiger charge is -2.14. The van der Waals surface area contributed by atoms with Gasteiger partial charge in [-0.1, -0.05) is 6.92 Å². The molecule has 0 amide bonds. The van der Waals surface area contributed by atoms with Gasteiger partial charge in [0.15, 0.2) is 0 Å². The zero-order valence-electron chi connectivity index (χ0n) is 6.42. The highest BCUT2D eigenvalue weighted by molar-refractivity contribution is 4.55. The third kappa shape index (κ3) is 4.43. The molecule has 0 saturated carbocycles. The van der Waals surface area contributed by atoms with Gasteiger partial charge in [0.05, 0.1) is 12.2 Å². The van der Waals surface area contributed by atoms with E-state index in [0.717, 1.165) is 13.0 Å². The van der Waals surface area contributed by atoms with Crippen molar-refractivity contribution in [3.8, 4) is 0 Å². The molecule has 0 rings (SSSR count). The van der Waals surface area contributed by atoms with E-state index in [-0.39, 0.29) is 12.2 Å². The summed E-state index contributed by atoms with van der Waals surface area (Å²) in [4.78, 5) is 0. The fraction of sp³-hybridized carbons (Fsp3) is 1.00. The van der Waals surface area contributed by atoms with E-state index in [9.17, 15) is 0 Å². The highest BCUT2D eigenvalue weighted by atomic mass is 16.5. The molecule has 0 heterocycles. The van der Waals surface area contributed by atoms with Crippen molar-refractivity contribution in [2.24, 2.45) is 0 Å². The molecule has 2 nitrogen and oxygen atoms in total. The van der Waals surface area contributed by atoms with E-state index < -0.39 is 0 Å². The summed E-state index contributed by atoms with van der Waals surface area (Å²) in [6.07, 6.45) is 0.637. The van der Waals surface area contributed by atoms with Crippen LogP contribution in [-0.2, 0) is 4.74 Å². The molecule has 9 heavy (non-hydrogen) atoms. The highest BCUT2D eigenvalue weighted by Gasteiger charge is 2.06. The second-order valence-electron chi connectivity index (χ2n) is 2.32. The van der Waals surface area contributed by atoms with E-state index in [0.29, 0.717) is 0 Å². The molecule has 1 N–H and O–H groups in total. The van der Waals surface area contributed by atoms with Crippen LogP contribution in [-0.4, -0.2) is 23.9 Å². The van der Waals surface area contributed by atoms with Crippen molar-refractivity contribution in [2.75, 3.05) is 6.61 Å². The second-order valence-corrected chi connectivity index (χ2v) is 2.32. The summed E-state index contributed by atoms with van der Waals surface area (Å²) in [6, 6.07) is 0. The number of aliphatic hydroxyl groups is 1. The van der Waals surface area contributed by atoms with E-state index in [4.69, 9.17) is 9.84 Å². The lowest BCUT2D eigenvalue weighted by atomic mass is 10.3. The van der Waals surface area contributed by atoms with Crippen molar-refractivity contribution in [1.29, 1.82) is 0 Å². The Morgan fingerprint density at radius 3 is 2.33 bits per heavy atom. The molecule has 56 valence electrons. The highest BCUT2D eigenvalue weighted by Crippen LogP contribution is 1.97. The Morgan fingerprint density at radius 1 is 1.44 bits per heavy atom. The van der Waals surface area contributed by atoms with Crippen molar-refractivity contribution in [3.63, 3.8) is 0 Å². The summed E-state index contributed by atoms with van der Waals surface area (Å²) in [6.45, 7) is 6.40. The SMILES string of the molecule is CCCO[C@@H](C)[C@H](C)O.